The van der Waals surface area contributed by atoms with E-state index in [0.29, 0.717) is 25.2 Å². The van der Waals surface area contributed by atoms with Gasteiger partial charge in [-0.2, -0.15) is 4.31 Å². The first-order chi connectivity index (χ1) is 14.5. The van der Waals surface area contributed by atoms with Gasteiger partial charge < -0.3 is 14.4 Å². The highest BCUT2D eigenvalue weighted by Gasteiger charge is 2.33. The Morgan fingerprint density at radius 3 is 2.55 bits per heavy atom. The first kappa shape index (κ1) is 23.6. The molecule has 2 fully saturated rings. The van der Waals surface area contributed by atoms with Crippen molar-refractivity contribution >= 4 is 31.7 Å². The summed E-state index contributed by atoms with van der Waals surface area (Å²) in [5.74, 6) is -1.43. The fourth-order valence-corrected chi connectivity index (χ4v) is 6.72. The third-order valence-corrected chi connectivity index (χ3v) is 9.16. The highest BCUT2D eigenvalue weighted by atomic mass is 32.2. The van der Waals surface area contributed by atoms with E-state index in [9.17, 15) is 26.4 Å². The number of benzene rings is 1. The van der Waals surface area contributed by atoms with E-state index in [4.69, 9.17) is 9.47 Å². The highest BCUT2D eigenvalue weighted by molar-refractivity contribution is 7.91. The summed E-state index contributed by atoms with van der Waals surface area (Å²) in [6.45, 7) is 2.14. The standard InChI is InChI=1S/C19H26N2O8S2/c1-14-3-4-16(31(26,27)21-6-8-28-9-7-21)11-17(14)19(23)29-12-18(22)20(2)15-5-10-30(24,25)13-15/h3-4,11,15H,5-10,12-13H2,1-2H3/t15-/m0/s1. The number of hydrogen-bond donors (Lipinski definition) is 0. The van der Waals surface area contributed by atoms with Crippen LogP contribution in [0.5, 0.6) is 0 Å². The van der Waals surface area contributed by atoms with Crippen LogP contribution in [0.3, 0.4) is 0 Å². The van der Waals surface area contributed by atoms with Crippen molar-refractivity contribution in [3.8, 4) is 0 Å². The van der Waals surface area contributed by atoms with Crippen molar-refractivity contribution in [2.24, 2.45) is 0 Å². The van der Waals surface area contributed by atoms with Crippen LogP contribution >= 0.6 is 0 Å². The molecule has 10 nitrogen and oxygen atoms in total. The third kappa shape index (κ3) is 5.43. The van der Waals surface area contributed by atoms with Crippen LogP contribution in [0.2, 0.25) is 0 Å². The molecule has 2 heterocycles. The van der Waals surface area contributed by atoms with E-state index >= 15 is 0 Å². The van der Waals surface area contributed by atoms with Gasteiger partial charge in [0.1, 0.15) is 0 Å². The number of esters is 1. The number of amides is 1. The summed E-state index contributed by atoms with van der Waals surface area (Å²) in [5.41, 5.74) is 0.557. The lowest BCUT2D eigenvalue weighted by atomic mass is 10.1. The number of carbonyl (C=O) groups excluding carboxylic acids is 2. The quantitative estimate of drug-likeness (QED) is 0.520. The van der Waals surface area contributed by atoms with E-state index in [1.54, 1.807) is 6.92 Å². The van der Waals surface area contributed by atoms with Gasteiger partial charge in [0.2, 0.25) is 10.0 Å². The number of hydrogen-bond acceptors (Lipinski definition) is 8. The Morgan fingerprint density at radius 2 is 1.94 bits per heavy atom. The Kier molecular flexibility index (Phi) is 7.04. The molecule has 1 atom stereocenters. The van der Waals surface area contributed by atoms with E-state index in [1.807, 2.05) is 0 Å². The van der Waals surface area contributed by atoms with Crippen molar-refractivity contribution in [2.75, 3.05) is 51.5 Å². The molecule has 0 unspecified atom stereocenters. The van der Waals surface area contributed by atoms with Gasteiger partial charge in [-0.25, -0.2) is 21.6 Å². The smallest absolute Gasteiger partial charge is 0.338 e. The van der Waals surface area contributed by atoms with Crippen molar-refractivity contribution < 1.29 is 35.9 Å². The average Bonchev–Trinajstić information content (AvgIpc) is 3.11. The molecule has 0 bridgehead atoms. The van der Waals surface area contributed by atoms with Crippen LogP contribution in [0.1, 0.15) is 22.3 Å². The Bertz CT molecular complexity index is 1060. The lowest BCUT2D eigenvalue weighted by Crippen LogP contribution is -2.40. The number of aryl methyl sites for hydroxylation is 1. The zero-order valence-electron chi connectivity index (χ0n) is 17.4. The average molecular weight is 475 g/mol. The largest absolute Gasteiger partial charge is 0.452 e. The van der Waals surface area contributed by atoms with Crippen molar-refractivity contribution in [3.63, 3.8) is 0 Å². The van der Waals surface area contributed by atoms with Gasteiger partial charge in [-0.15, -0.1) is 0 Å². The van der Waals surface area contributed by atoms with E-state index < -0.39 is 44.4 Å². The molecule has 0 radical (unpaired) electrons. The van der Waals surface area contributed by atoms with Gasteiger partial charge in [-0.05, 0) is 31.0 Å². The second-order valence-electron chi connectivity index (χ2n) is 7.63. The maximum Gasteiger partial charge on any atom is 0.338 e. The Hall–Kier alpha value is -2.02. The summed E-state index contributed by atoms with van der Waals surface area (Å²) in [5, 5.41) is 0. The molecule has 0 aromatic heterocycles. The van der Waals surface area contributed by atoms with E-state index in [2.05, 4.69) is 0 Å². The van der Waals surface area contributed by atoms with Crippen molar-refractivity contribution in [2.45, 2.75) is 24.3 Å². The number of morpholine rings is 1. The zero-order valence-corrected chi connectivity index (χ0v) is 19.1. The maximum absolute atomic E-state index is 12.8. The molecule has 1 amide bonds. The van der Waals surface area contributed by atoms with Gasteiger partial charge in [0.05, 0.1) is 35.2 Å². The summed E-state index contributed by atoms with van der Waals surface area (Å²) >= 11 is 0. The predicted molar refractivity (Wildman–Crippen MR) is 111 cm³/mol. The summed E-state index contributed by atoms with van der Waals surface area (Å²) < 4.78 is 60.5. The Balaban J connectivity index is 1.67. The number of ether oxygens (including phenoxy) is 2. The second kappa shape index (κ2) is 9.23. The molecule has 31 heavy (non-hydrogen) atoms. The summed E-state index contributed by atoms with van der Waals surface area (Å²) in [7, 11) is -5.47. The fourth-order valence-electron chi connectivity index (χ4n) is 3.51. The number of sulfonamides is 1. The van der Waals surface area contributed by atoms with E-state index in [-0.39, 0.29) is 35.1 Å². The molecular formula is C19H26N2O8S2. The summed E-state index contributed by atoms with van der Waals surface area (Å²) in [6.07, 6.45) is 0.346. The van der Waals surface area contributed by atoms with Gasteiger partial charge in [0, 0.05) is 26.2 Å². The molecule has 2 aliphatic heterocycles. The predicted octanol–water partition coefficient (Wildman–Crippen LogP) is -0.182. The lowest BCUT2D eigenvalue weighted by molar-refractivity contribution is -0.134. The Labute approximate surface area is 182 Å². The second-order valence-corrected chi connectivity index (χ2v) is 11.8. The molecule has 1 aromatic carbocycles. The zero-order chi connectivity index (χ0) is 22.8. The number of nitrogens with zero attached hydrogens (tertiary/aromatic N) is 2. The number of likely N-dealkylation sites (N-methyl/N-ethyl adjacent to an activating group) is 1. The van der Waals surface area contributed by atoms with Gasteiger partial charge in [-0.3, -0.25) is 4.79 Å². The van der Waals surface area contributed by atoms with Crippen molar-refractivity contribution in [1.82, 2.24) is 9.21 Å². The number of rotatable bonds is 6. The fraction of sp³-hybridized carbons (Fsp3) is 0.579. The van der Waals surface area contributed by atoms with Crippen LogP contribution in [-0.4, -0.2) is 95.4 Å². The van der Waals surface area contributed by atoms with Crippen LogP contribution in [0, 0.1) is 6.92 Å². The molecule has 0 aliphatic carbocycles. The monoisotopic (exact) mass is 474 g/mol. The van der Waals surface area contributed by atoms with E-state index in [1.165, 1.54) is 34.5 Å². The number of carbonyl (C=O) groups is 2. The van der Waals surface area contributed by atoms with Crippen LogP contribution in [0.25, 0.3) is 0 Å². The van der Waals surface area contributed by atoms with Gasteiger partial charge in [0.15, 0.2) is 16.4 Å². The molecular weight excluding hydrogens is 448 g/mol. The summed E-state index contributed by atoms with van der Waals surface area (Å²) in [4.78, 5) is 26.1. The first-order valence-corrected chi connectivity index (χ1v) is 13.1. The molecule has 2 saturated heterocycles. The molecule has 0 saturated carbocycles. The van der Waals surface area contributed by atoms with Crippen LogP contribution < -0.4 is 0 Å². The number of sulfone groups is 1. The topological polar surface area (TPSA) is 127 Å². The highest BCUT2D eigenvalue weighted by Crippen LogP contribution is 2.21. The van der Waals surface area contributed by atoms with Gasteiger partial charge in [-0.1, -0.05) is 6.07 Å². The first-order valence-electron chi connectivity index (χ1n) is 9.83. The minimum absolute atomic E-state index is 0.0265. The molecule has 172 valence electrons. The molecule has 3 rings (SSSR count). The van der Waals surface area contributed by atoms with Crippen molar-refractivity contribution in [3.05, 3.63) is 29.3 Å². The molecule has 2 aliphatic rings. The lowest BCUT2D eigenvalue weighted by Gasteiger charge is -2.26. The molecule has 1 aromatic rings. The van der Waals surface area contributed by atoms with Gasteiger partial charge in [0.25, 0.3) is 5.91 Å². The normalized spacial score (nSPS) is 21.5. The minimum Gasteiger partial charge on any atom is -0.452 e. The molecule has 0 N–H and O–H groups in total. The third-order valence-electron chi connectivity index (χ3n) is 5.51. The maximum atomic E-state index is 12.8. The van der Waals surface area contributed by atoms with Crippen LogP contribution in [-0.2, 0) is 34.1 Å². The SMILES string of the molecule is Cc1ccc(S(=O)(=O)N2CCOCC2)cc1C(=O)OCC(=O)N(C)[C@H]1CCS(=O)(=O)C1. The Morgan fingerprint density at radius 1 is 1.26 bits per heavy atom. The van der Waals surface area contributed by atoms with E-state index in [0.717, 1.165) is 0 Å². The molecule has 12 heteroatoms. The summed E-state index contributed by atoms with van der Waals surface area (Å²) in [6, 6.07) is 3.75. The van der Waals surface area contributed by atoms with Crippen LogP contribution in [0.15, 0.2) is 23.1 Å². The van der Waals surface area contributed by atoms with Gasteiger partial charge >= 0.3 is 5.97 Å². The van der Waals surface area contributed by atoms with Crippen molar-refractivity contribution in [1.29, 1.82) is 0 Å². The van der Waals surface area contributed by atoms with Crippen LogP contribution in [0.4, 0.5) is 0 Å². The minimum atomic E-state index is -3.79. The molecule has 0 spiro atoms.